The van der Waals surface area contributed by atoms with Crippen molar-refractivity contribution in [1.82, 2.24) is 4.57 Å². The van der Waals surface area contributed by atoms with Crippen LogP contribution in [0.5, 0.6) is 0 Å². The summed E-state index contributed by atoms with van der Waals surface area (Å²) in [5.74, 6) is 0. The molecule has 0 saturated heterocycles. The van der Waals surface area contributed by atoms with Crippen LogP contribution in [-0.4, -0.2) is 11.4 Å². The maximum Gasteiger partial charge on any atom is 0.333 e. The van der Waals surface area contributed by atoms with Gasteiger partial charge in [-0.05, 0) is 107 Å². The average molecular weight is 775 g/mol. The number of rotatable bonds is 1. The van der Waals surface area contributed by atoms with Crippen molar-refractivity contribution < 1.29 is 8.83 Å². The molecule has 2 aliphatic rings. The van der Waals surface area contributed by atoms with Crippen LogP contribution >= 0.6 is 11.3 Å². The SMILES string of the molecule is Cc1cc2c3c4c1c1cc5oc6ccccc6c5cc1n4-c1cc4c(cc1B3N(c1ccc(C(C)(C)C)cc1)c1cc3sc5ccccc5c3cc1-2)oc1ccccc14. The molecule has 0 amide bonds. The second-order valence-electron chi connectivity index (χ2n) is 17.7. The summed E-state index contributed by atoms with van der Waals surface area (Å²) in [7, 11) is 0. The summed E-state index contributed by atoms with van der Waals surface area (Å²) in [6, 6.07) is 51.9. The Kier molecular flexibility index (Phi) is 5.92. The van der Waals surface area contributed by atoms with E-state index in [-0.39, 0.29) is 12.3 Å². The van der Waals surface area contributed by atoms with Gasteiger partial charge in [-0.25, -0.2) is 0 Å². The summed E-state index contributed by atoms with van der Waals surface area (Å²) in [6.07, 6.45) is 0. The highest BCUT2D eigenvalue weighted by molar-refractivity contribution is 7.25. The Morgan fingerprint density at radius 1 is 0.542 bits per heavy atom. The first-order chi connectivity index (χ1) is 28.8. The molecule has 278 valence electrons. The number of furan rings is 2. The van der Waals surface area contributed by atoms with E-state index >= 15 is 0 Å². The average Bonchev–Trinajstić information content (AvgIpc) is 3.99. The Hall–Kier alpha value is -6.76. The molecule has 0 unspecified atom stereocenters. The quantitative estimate of drug-likeness (QED) is 0.156. The predicted molar refractivity (Wildman–Crippen MR) is 251 cm³/mol. The molecule has 0 aliphatic carbocycles. The molecule has 14 rings (SSSR count). The summed E-state index contributed by atoms with van der Waals surface area (Å²) in [6.45, 7) is 9.05. The van der Waals surface area contributed by atoms with Gasteiger partial charge in [0, 0.05) is 75.1 Å². The molecule has 4 nitrogen and oxygen atoms in total. The summed E-state index contributed by atoms with van der Waals surface area (Å²) < 4.78 is 18.5. The van der Waals surface area contributed by atoms with Crippen molar-refractivity contribution in [3.63, 3.8) is 0 Å². The van der Waals surface area contributed by atoms with Crippen LogP contribution in [0.1, 0.15) is 31.9 Å². The monoisotopic (exact) mass is 774 g/mol. The number of thiophene rings is 1. The number of aromatic nitrogens is 1. The van der Waals surface area contributed by atoms with Gasteiger partial charge in [0.25, 0.3) is 0 Å². The lowest BCUT2D eigenvalue weighted by Gasteiger charge is -2.42. The summed E-state index contributed by atoms with van der Waals surface area (Å²) >= 11 is 1.89. The Labute approximate surface area is 343 Å². The molecule has 8 aromatic carbocycles. The van der Waals surface area contributed by atoms with Gasteiger partial charge >= 0.3 is 6.85 Å². The summed E-state index contributed by atoms with van der Waals surface area (Å²) in [4.78, 5) is 2.64. The van der Waals surface area contributed by atoms with Crippen molar-refractivity contribution >= 4 is 126 Å². The highest BCUT2D eigenvalue weighted by atomic mass is 32.1. The number of hydrogen-bond donors (Lipinski definition) is 0. The molecule has 6 heteroatoms. The predicted octanol–water partition coefficient (Wildman–Crippen LogP) is 13.8. The molecular formula is C53H35BN2O2S. The summed E-state index contributed by atoms with van der Waals surface area (Å²) in [5.41, 5.74) is 17.4. The van der Waals surface area contributed by atoms with Gasteiger partial charge in [-0.1, -0.05) is 93.6 Å². The molecule has 0 fully saturated rings. The van der Waals surface area contributed by atoms with E-state index in [0.717, 1.165) is 43.9 Å². The minimum Gasteiger partial charge on any atom is -0.456 e. The maximum absolute atomic E-state index is 6.72. The van der Waals surface area contributed by atoms with Gasteiger partial charge < -0.3 is 18.2 Å². The largest absolute Gasteiger partial charge is 0.456 e. The van der Waals surface area contributed by atoms with Crippen molar-refractivity contribution in [2.75, 3.05) is 4.81 Å². The first-order valence-corrected chi connectivity index (χ1v) is 21.3. The van der Waals surface area contributed by atoms with Gasteiger partial charge in [-0.15, -0.1) is 11.3 Å². The lowest BCUT2D eigenvalue weighted by Crippen LogP contribution is -2.60. The Morgan fingerprint density at radius 3 is 1.97 bits per heavy atom. The second kappa shape index (κ2) is 10.8. The zero-order chi connectivity index (χ0) is 39.1. The first kappa shape index (κ1) is 32.2. The van der Waals surface area contributed by atoms with Gasteiger partial charge in [-0.2, -0.15) is 0 Å². The lowest BCUT2D eigenvalue weighted by atomic mass is 9.44. The van der Waals surface area contributed by atoms with Gasteiger partial charge in [0.1, 0.15) is 22.3 Å². The third-order valence-corrected chi connectivity index (χ3v) is 14.5. The summed E-state index contributed by atoms with van der Waals surface area (Å²) in [5, 5.41) is 9.64. The van der Waals surface area contributed by atoms with E-state index in [1.807, 2.05) is 11.3 Å². The molecule has 12 aromatic rings. The molecule has 59 heavy (non-hydrogen) atoms. The minimum absolute atomic E-state index is 0.0354. The van der Waals surface area contributed by atoms with E-state index in [4.69, 9.17) is 8.83 Å². The zero-order valence-electron chi connectivity index (χ0n) is 33.0. The number of nitrogens with zero attached hydrogens (tertiary/aromatic N) is 2. The van der Waals surface area contributed by atoms with Crippen molar-refractivity contribution in [3.8, 4) is 16.8 Å². The molecule has 6 heterocycles. The van der Waals surface area contributed by atoms with E-state index in [2.05, 4.69) is 177 Å². The van der Waals surface area contributed by atoms with Gasteiger partial charge in [0.15, 0.2) is 0 Å². The van der Waals surface area contributed by atoms with Crippen LogP contribution in [0.4, 0.5) is 11.4 Å². The molecule has 0 radical (unpaired) electrons. The van der Waals surface area contributed by atoms with Gasteiger partial charge in [-0.3, -0.25) is 0 Å². The number of aryl methyl sites for hydroxylation is 1. The van der Waals surface area contributed by atoms with E-state index in [1.54, 1.807) is 0 Å². The van der Waals surface area contributed by atoms with Crippen molar-refractivity contribution in [3.05, 3.63) is 151 Å². The Bertz CT molecular complexity index is 3850. The van der Waals surface area contributed by atoms with Crippen LogP contribution in [0.25, 0.3) is 103 Å². The Morgan fingerprint density at radius 2 is 1.22 bits per heavy atom. The smallest absolute Gasteiger partial charge is 0.333 e. The molecule has 2 aliphatic heterocycles. The molecule has 0 bridgehead atoms. The van der Waals surface area contributed by atoms with Crippen LogP contribution in [0.2, 0.25) is 0 Å². The fourth-order valence-corrected chi connectivity index (χ4v) is 11.9. The third-order valence-electron chi connectivity index (χ3n) is 13.4. The number of para-hydroxylation sites is 2. The molecule has 0 N–H and O–H groups in total. The Balaban J connectivity index is 1.19. The van der Waals surface area contributed by atoms with Crippen molar-refractivity contribution in [2.24, 2.45) is 0 Å². The maximum atomic E-state index is 6.72. The molecule has 0 atom stereocenters. The second-order valence-corrected chi connectivity index (χ2v) is 18.8. The highest BCUT2D eigenvalue weighted by Gasteiger charge is 2.45. The van der Waals surface area contributed by atoms with Crippen LogP contribution in [0.3, 0.4) is 0 Å². The topological polar surface area (TPSA) is 34.5 Å². The van der Waals surface area contributed by atoms with Crippen LogP contribution in [-0.2, 0) is 5.41 Å². The number of benzene rings is 8. The third kappa shape index (κ3) is 4.09. The normalized spacial score (nSPS) is 13.7. The van der Waals surface area contributed by atoms with E-state index in [1.165, 1.54) is 92.2 Å². The number of anilines is 2. The van der Waals surface area contributed by atoms with Crippen LogP contribution < -0.4 is 15.7 Å². The fourth-order valence-electron chi connectivity index (χ4n) is 10.7. The molecule has 4 aromatic heterocycles. The van der Waals surface area contributed by atoms with Crippen LogP contribution in [0, 0.1) is 6.92 Å². The molecule has 0 saturated carbocycles. The first-order valence-electron chi connectivity index (χ1n) is 20.5. The fraction of sp³-hybridized carbons (Fsp3) is 0.0943. The van der Waals surface area contributed by atoms with Crippen LogP contribution in [0.15, 0.2) is 148 Å². The van der Waals surface area contributed by atoms with Crippen molar-refractivity contribution in [1.29, 1.82) is 0 Å². The van der Waals surface area contributed by atoms with Gasteiger partial charge in [0.05, 0.1) is 11.0 Å². The van der Waals surface area contributed by atoms with E-state index < -0.39 is 0 Å². The van der Waals surface area contributed by atoms with Crippen molar-refractivity contribution in [2.45, 2.75) is 33.1 Å². The number of hydrogen-bond acceptors (Lipinski definition) is 4. The highest BCUT2D eigenvalue weighted by Crippen LogP contribution is 2.50. The van der Waals surface area contributed by atoms with E-state index in [0.29, 0.717) is 0 Å². The molecular weight excluding hydrogens is 739 g/mol. The zero-order valence-corrected chi connectivity index (χ0v) is 33.8. The molecule has 0 spiro atoms. The lowest BCUT2D eigenvalue weighted by molar-refractivity contribution is 0.590. The van der Waals surface area contributed by atoms with Gasteiger partial charge in [0.2, 0.25) is 0 Å². The number of fused-ring (bicyclic) bond motifs is 17. The standard InChI is InChI=1S/C53H35BN2O2S/c1-28-21-38-34-22-37-33-13-7-10-16-48(33)59-49(37)27-42(34)56(30-19-17-29(18-20-30)53(2,3)4)54-40-26-47-36(32-12-6-9-15-45(32)58-47)24-43(40)55-41-23-35-31-11-5-8-14-44(31)57-46(35)25-39(41)50(28)52(55)51(38)54/h5-27H,1-4H3. The minimum atomic E-state index is -0.124. The van der Waals surface area contributed by atoms with E-state index in [9.17, 15) is 0 Å².